The lowest BCUT2D eigenvalue weighted by Crippen LogP contribution is -2.20. The Hall–Kier alpha value is -3.18. The molecule has 1 unspecified atom stereocenters. The molecule has 8 heteroatoms. The van der Waals surface area contributed by atoms with E-state index in [9.17, 15) is 9.59 Å². The van der Waals surface area contributed by atoms with E-state index < -0.39 is 11.6 Å². The van der Waals surface area contributed by atoms with E-state index in [2.05, 4.69) is 20.8 Å². The summed E-state index contributed by atoms with van der Waals surface area (Å²) in [6.45, 7) is 7.96. The topological polar surface area (TPSA) is 88.1 Å². The number of methoxy groups -OCH3 is 4. The van der Waals surface area contributed by atoms with Gasteiger partial charge in [0.15, 0.2) is 0 Å². The number of Topliss-reactive ketones (excluding diaryl/α,β-unsaturated/α-hetero) is 2. The number of hydrogen-bond donors (Lipinski definition) is 0. The second kappa shape index (κ2) is 12.9. The third-order valence-corrected chi connectivity index (χ3v) is 4.99. The highest BCUT2D eigenvalue weighted by Gasteiger charge is 2.32. The number of allylic oxidation sites excluding steroid dienone is 2. The van der Waals surface area contributed by atoms with E-state index in [0.29, 0.717) is 35.0 Å². The fourth-order valence-corrected chi connectivity index (χ4v) is 3.77. The smallest absolute Gasteiger partial charge is 0.310 e. The molecule has 0 aliphatic carbocycles. The van der Waals surface area contributed by atoms with E-state index in [0.717, 1.165) is 0 Å². The SMILES string of the molecule is COc1cccc(OC)c1C(=O)C(C(=O)c1c(OC)cccc1OC)=C(C)CC(C)(C)C.O=[PH2+]. The van der Waals surface area contributed by atoms with Crippen LogP contribution in [-0.4, -0.2) is 40.0 Å². The Balaban J connectivity index is 0.00000281. The zero-order chi connectivity index (χ0) is 26.1. The first-order valence-electron chi connectivity index (χ1n) is 10.5. The summed E-state index contributed by atoms with van der Waals surface area (Å²) in [4.78, 5) is 27.9. The molecule has 2 rings (SSSR count). The number of rotatable bonds is 9. The van der Waals surface area contributed by atoms with Crippen molar-refractivity contribution >= 4 is 20.7 Å². The first-order valence-corrected chi connectivity index (χ1v) is 11.0. The highest BCUT2D eigenvalue weighted by Crippen LogP contribution is 2.37. The third kappa shape index (κ3) is 6.67. The number of hydrogen-bond acceptors (Lipinski definition) is 7. The van der Waals surface area contributed by atoms with Crippen LogP contribution in [-0.2, 0) is 4.57 Å². The van der Waals surface area contributed by atoms with Crippen LogP contribution in [0.15, 0.2) is 47.5 Å². The third-order valence-electron chi connectivity index (χ3n) is 4.99. The lowest BCUT2D eigenvalue weighted by molar-refractivity contribution is 0.0954. The summed E-state index contributed by atoms with van der Waals surface area (Å²) in [5.74, 6) is 0.369. The first kappa shape index (κ1) is 28.9. The Bertz CT molecular complexity index is 938. The van der Waals surface area contributed by atoms with E-state index >= 15 is 0 Å². The summed E-state index contributed by atoms with van der Waals surface area (Å²) in [7, 11) is 7.06. The fraction of sp³-hybridized carbons (Fsp3) is 0.385. The monoisotopic (exact) mass is 489 g/mol. The second-order valence-corrected chi connectivity index (χ2v) is 8.63. The molecule has 184 valence electrons. The summed E-state index contributed by atoms with van der Waals surface area (Å²) in [5, 5.41) is 0. The van der Waals surface area contributed by atoms with Crippen LogP contribution in [0.25, 0.3) is 0 Å². The van der Waals surface area contributed by atoms with Crippen LogP contribution in [0.4, 0.5) is 0 Å². The van der Waals surface area contributed by atoms with Crippen molar-refractivity contribution in [1.82, 2.24) is 0 Å². The van der Waals surface area contributed by atoms with Crippen LogP contribution in [0.5, 0.6) is 23.0 Å². The second-order valence-electron chi connectivity index (χ2n) is 8.63. The van der Waals surface area contributed by atoms with Gasteiger partial charge in [-0.05, 0) is 43.0 Å². The standard InChI is InChI=1S/C26H32O6.H2OP/c1-16(15-26(2,3)4)21(24(27)22-17(29-5)11-9-12-18(22)30-6)25(28)23-19(31-7)13-10-14-20(23)32-8;1-2/h9-14H,15H2,1-8H3;2H2/q;+1. The maximum absolute atomic E-state index is 13.9. The molecule has 0 aromatic heterocycles. The molecule has 0 saturated carbocycles. The molecular formula is C26H34O7P+. The molecule has 0 fully saturated rings. The molecule has 0 N–H and O–H groups in total. The number of benzene rings is 2. The molecule has 0 spiro atoms. The van der Waals surface area contributed by atoms with Gasteiger partial charge in [-0.2, -0.15) is 0 Å². The summed E-state index contributed by atoms with van der Waals surface area (Å²) >= 11 is 0. The molecule has 0 amide bonds. The Morgan fingerprint density at radius 1 is 0.706 bits per heavy atom. The van der Waals surface area contributed by atoms with E-state index in [1.54, 1.807) is 43.3 Å². The van der Waals surface area contributed by atoms with Gasteiger partial charge in [0.05, 0.1) is 34.0 Å². The number of ketones is 2. The van der Waals surface area contributed by atoms with Crippen LogP contribution >= 0.6 is 9.12 Å². The van der Waals surface area contributed by atoms with Gasteiger partial charge >= 0.3 is 9.12 Å². The molecule has 34 heavy (non-hydrogen) atoms. The Morgan fingerprint density at radius 3 is 1.24 bits per heavy atom. The summed E-state index contributed by atoms with van der Waals surface area (Å²) in [5.41, 5.74) is 0.955. The first-order chi connectivity index (χ1) is 16.1. The van der Waals surface area contributed by atoms with Gasteiger partial charge in [-0.25, -0.2) is 0 Å². The van der Waals surface area contributed by atoms with Crippen LogP contribution in [0.3, 0.4) is 0 Å². The van der Waals surface area contributed by atoms with Crippen LogP contribution in [0.1, 0.15) is 54.8 Å². The van der Waals surface area contributed by atoms with E-state index in [1.165, 1.54) is 37.6 Å². The van der Waals surface area contributed by atoms with Gasteiger partial charge in [-0.3, -0.25) is 9.59 Å². The quantitative estimate of drug-likeness (QED) is 0.146. The normalized spacial score (nSPS) is 10.4. The largest absolute Gasteiger partial charge is 0.496 e. The number of ether oxygens (including phenoxy) is 4. The predicted octanol–water partition coefficient (Wildman–Crippen LogP) is 5.75. The molecule has 1 atom stereocenters. The zero-order valence-electron chi connectivity index (χ0n) is 21.1. The Labute approximate surface area is 203 Å². The summed E-state index contributed by atoms with van der Waals surface area (Å²) in [6.07, 6.45) is 0.536. The van der Waals surface area contributed by atoms with Gasteiger partial charge in [-0.1, -0.05) is 43.0 Å². The average Bonchev–Trinajstić information content (AvgIpc) is 2.82. The lowest BCUT2D eigenvalue weighted by Gasteiger charge is -2.22. The van der Waals surface area contributed by atoms with E-state index in [1.807, 2.05) is 0 Å². The molecule has 2 aromatic carbocycles. The summed E-state index contributed by atoms with van der Waals surface area (Å²) in [6, 6.07) is 10.1. The molecule has 0 radical (unpaired) electrons. The Kier molecular flexibility index (Phi) is 10.9. The highest BCUT2D eigenvalue weighted by atomic mass is 31.0. The average molecular weight is 490 g/mol. The molecular weight excluding hydrogens is 455 g/mol. The zero-order valence-corrected chi connectivity index (χ0v) is 22.3. The minimum atomic E-state index is -0.473. The molecule has 0 aliphatic rings. The van der Waals surface area contributed by atoms with Gasteiger partial charge in [0.25, 0.3) is 0 Å². The van der Waals surface area contributed by atoms with Crippen molar-refractivity contribution in [2.24, 2.45) is 5.41 Å². The van der Waals surface area contributed by atoms with Crippen molar-refractivity contribution in [1.29, 1.82) is 0 Å². The molecule has 0 saturated heterocycles. The summed E-state index contributed by atoms with van der Waals surface area (Å²) < 4.78 is 29.9. The molecule has 0 heterocycles. The van der Waals surface area contributed by atoms with Crippen molar-refractivity contribution in [2.75, 3.05) is 28.4 Å². The minimum absolute atomic E-state index is 0.0468. The van der Waals surface area contributed by atoms with Gasteiger partial charge in [0.1, 0.15) is 34.1 Å². The van der Waals surface area contributed by atoms with Crippen LogP contribution in [0, 0.1) is 5.41 Å². The van der Waals surface area contributed by atoms with Crippen molar-refractivity contribution in [3.05, 3.63) is 58.7 Å². The maximum atomic E-state index is 13.9. The Morgan fingerprint density at radius 2 is 1.00 bits per heavy atom. The van der Waals surface area contributed by atoms with Gasteiger partial charge in [-0.15, -0.1) is 0 Å². The molecule has 7 nitrogen and oxygen atoms in total. The number of carbonyl (C=O) groups excluding carboxylic acids is 2. The van der Waals surface area contributed by atoms with Crippen molar-refractivity contribution in [3.63, 3.8) is 0 Å². The van der Waals surface area contributed by atoms with Crippen molar-refractivity contribution in [2.45, 2.75) is 34.1 Å². The van der Waals surface area contributed by atoms with Gasteiger partial charge in [0.2, 0.25) is 11.6 Å². The molecule has 0 aliphatic heterocycles. The van der Waals surface area contributed by atoms with Crippen molar-refractivity contribution < 1.29 is 33.1 Å². The molecule has 0 bridgehead atoms. The fourth-order valence-electron chi connectivity index (χ4n) is 3.77. The van der Waals surface area contributed by atoms with E-state index in [-0.39, 0.29) is 22.1 Å². The van der Waals surface area contributed by atoms with Gasteiger partial charge < -0.3 is 18.9 Å². The number of carbonyl (C=O) groups is 2. The van der Waals surface area contributed by atoms with Crippen molar-refractivity contribution in [3.8, 4) is 23.0 Å². The highest BCUT2D eigenvalue weighted by molar-refractivity contribution is 7.00. The molecule has 2 aromatic rings. The minimum Gasteiger partial charge on any atom is -0.496 e. The van der Waals surface area contributed by atoms with Gasteiger partial charge in [0, 0.05) is 0 Å². The van der Waals surface area contributed by atoms with Crippen LogP contribution in [0.2, 0.25) is 0 Å². The maximum Gasteiger partial charge on any atom is 0.310 e. The van der Waals surface area contributed by atoms with Crippen LogP contribution < -0.4 is 18.9 Å². The lowest BCUT2D eigenvalue weighted by atomic mass is 9.82. The predicted molar refractivity (Wildman–Crippen MR) is 135 cm³/mol. The van der Waals surface area contributed by atoms with E-state index in [4.69, 9.17) is 23.5 Å².